The minimum atomic E-state index is -0.289. The zero-order chi connectivity index (χ0) is 13.8. The van der Waals surface area contributed by atoms with Crippen molar-refractivity contribution in [3.8, 4) is 11.5 Å². The maximum absolute atomic E-state index is 12.3. The Bertz CT molecular complexity index is 595. The number of nitrogens with zero attached hydrogens (tertiary/aromatic N) is 1. The van der Waals surface area contributed by atoms with E-state index in [2.05, 4.69) is 0 Å². The number of methoxy groups -OCH3 is 1. The third-order valence-corrected chi connectivity index (χ3v) is 2.89. The average Bonchev–Trinajstić information content (AvgIpc) is 2.46. The Kier molecular flexibility index (Phi) is 3.71. The van der Waals surface area contributed by atoms with Gasteiger partial charge in [0.05, 0.1) is 18.4 Å². The van der Waals surface area contributed by atoms with Gasteiger partial charge < -0.3 is 14.7 Å². The number of phenolic OH excluding ortho intramolecular Hbond substituents is 1. The number of carbonyl (C=O) groups is 1. The predicted octanol–water partition coefficient (Wildman–Crippen LogP) is 2.68. The van der Waals surface area contributed by atoms with E-state index < -0.39 is 0 Å². The van der Waals surface area contributed by atoms with Crippen LogP contribution in [0.25, 0.3) is 0 Å². The van der Waals surface area contributed by atoms with Crippen LogP contribution in [0.15, 0.2) is 48.5 Å². The summed E-state index contributed by atoms with van der Waals surface area (Å²) < 4.78 is 5.23. The molecule has 0 aliphatic heterocycles. The summed E-state index contributed by atoms with van der Waals surface area (Å²) >= 11 is 0. The van der Waals surface area contributed by atoms with Crippen LogP contribution in [0.4, 0.5) is 5.69 Å². The van der Waals surface area contributed by atoms with E-state index in [4.69, 9.17) is 4.74 Å². The van der Waals surface area contributed by atoms with Gasteiger partial charge in [-0.25, -0.2) is 0 Å². The number of hydrogen-bond acceptors (Lipinski definition) is 3. The molecular weight excluding hydrogens is 242 g/mol. The van der Waals surface area contributed by atoms with Crippen molar-refractivity contribution in [2.24, 2.45) is 0 Å². The Labute approximate surface area is 111 Å². The molecule has 0 bridgehead atoms. The van der Waals surface area contributed by atoms with Gasteiger partial charge in [0.1, 0.15) is 11.5 Å². The van der Waals surface area contributed by atoms with Crippen LogP contribution in [-0.4, -0.2) is 25.2 Å². The Hall–Kier alpha value is -2.49. The lowest BCUT2D eigenvalue weighted by Crippen LogP contribution is -2.26. The van der Waals surface area contributed by atoms with Crippen molar-refractivity contribution in [1.29, 1.82) is 0 Å². The van der Waals surface area contributed by atoms with Crippen molar-refractivity contribution < 1.29 is 14.6 Å². The molecule has 2 rings (SSSR count). The number of phenols is 1. The van der Waals surface area contributed by atoms with Crippen LogP contribution >= 0.6 is 0 Å². The van der Waals surface area contributed by atoms with Crippen molar-refractivity contribution in [3.63, 3.8) is 0 Å². The number of carbonyl (C=O) groups excluding carboxylic acids is 1. The molecule has 0 aliphatic rings. The number of hydrogen-bond donors (Lipinski definition) is 1. The van der Waals surface area contributed by atoms with E-state index >= 15 is 0 Å². The van der Waals surface area contributed by atoms with Gasteiger partial charge >= 0.3 is 0 Å². The lowest BCUT2D eigenvalue weighted by molar-refractivity contribution is 0.0990. The number of para-hydroxylation sites is 3. The van der Waals surface area contributed by atoms with E-state index in [-0.39, 0.29) is 17.2 Å². The first-order valence-corrected chi connectivity index (χ1v) is 5.84. The molecule has 0 aromatic heterocycles. The van der Waals surface area contributed by atoms with Crippen LogP contribution in [0, 0.1) is 0 Å². The summed E-state index contributed by atoms with van der Waals surface area (Å²) in [5, 5.41) is 9.72. The van der Waals surface area contributed by atoms with Crippen molar-refractivity contribution in [3.05, 3.63) is 54.1 Å². The van der Waals surface area contributed by atoms with Crippen molar-refractivity contribution >= 4 is 11.6 Å². The molecule has 0 fully saturated rings. The van der Waals surface area contributed by atoms with Crippen molar-refractivity contribution in [1.82, 2.24) is 0 Å². The largest absolute Gasteiger partial charge is 0.507 e. The monoisotopic (exact) mass is 257 g/mol. The fourth-order valence-corrected chi connectivity index (χ4v) is 1.85. The quantitative estimate of drug-likeness (QED) is 0.919. The Morgan fingerprint density at radius 3 is 2.42 bits per heavy atom. The zero-order valence-corrected chi connectivity index (χ0v) is 10.8. The molecule has 1 amide bonds. The molecule has 2 aromatic rings. The molecule has 0 radical (unpaired) electrons. The second-order valence-electron chi connectivity index (χ2n) is 4.05. The number of ether oxygens (including phenoxy) is 1. The summed E-state index contributed by atoms with van der Waals surface area (Å²) in [5.41, 5.74) is 0.911. The highest BCUT2D eigenvalue weighted by Crippen LogP contribution is 2.29. The fraction of sp³-hybridized carbons (Fsp3) is 0.133. The molecule has 0 spiro atoms. The lowest BCUT2D eigenvalue weighted by Gasteiger charge is -2.20. The molecule has 98 valence electrons. The van der Waals surface area contributed by atoms with E-state index in [1.54, 1.807) is 44.5 Å². The van der Waals surface area contributed by atoms with Gasteiger partial charge in [-0.05, 0) is 24.3 Å². The molecule has 19 heavy (non-hydrogen) atoms. The smallest absolute Gasteiger partial charge is 0.261 e. The molecule has 2 aromatic carbocycles. The molecular formula is C15H15NO3. The molecule has 1 N–H and O–H groups in total. The summed E-state index contributed by atoms with van der Waals surface area (Å²) in [6.45, 7) is 0. The van der Waals surface area contributed by atoms with E-state index in [0.717, 1.165) is 0 Å². The maximum Gasteiger partial charge on any atom is 0.261 e. The summed E-state index contributed by atoms with van der Waals surface area (Å²) in [7, 11) is 3.20. The second-order valence-corrected chi connectivity index (χ2v) is 4.05. The minimum Gasteiger partial charge on any atom is -0.507 e. The first-order valence-electron chi connectivity index (χ1n) is 5.84. The predicted molar refractivity (Wildman–Crippen MR) is 73.8 cm³/mol. The Balaban J connectivity index is 2.37. The fourth-order valence-electron chi connectivity index (χ4n) is 1.85. The third kappa shape index (κ3) is 2.52. The van der Waals surface area contributed by atoms with Crippen LogP contribution in [0.2, 0.25) is 0 Å². The highest BCUT2D eigenvalue weighted by atomic mass is 16.5. The molecule has 0 unspecified atom stereocenters. The normalized spacial score (nSPS) is 10.0. The Morgan fingerprint density at radius 1 is 1.11 bits per heavy atom. The van der Waals surface area contributed by atoms with Gasteiger partial charge in [-0.15, -0.1) is 0 Å². The van der Waals surface area contributed by atoms with Crippen LogP contribution in [0.5, 0.6) is 11.5 Å². The van der Waals surface area contributed by atoms with E-state index in [1.165, 1.54) is 11.0 Å². The Morgan fingerprint density at radius 2 is 1.74 bits per heavy atom. The molecule has 4 heteroatoms. The van der Waals surface area contributed by atoms with Crippen molar-refractivity contribution in [2.75, 3.05) is 19.1 Å². The van der Waals surface area contributed by atoms with Gasteiger partial charge in [0.25, 0.3) is 5.91 Å². The molecule has 0 heterocycles. The summed E-state index contributed by atoms with van der Waals surface area (Å²) in [6, 6.07) is 13.7. The van der Waals surface area contributed by atoms with E-state index in [0.29, 0.717) is 11.4 Å². The van der Waals surface area contributed by atoms with Crippen LogP contribution in [0.1, 0.15) is 10.4 Å². The van der Waals surface area contributed by atoms with Gasteiger partial charge in [0, 0.05) is 7.05 Å². The molecule has 0 saturated heterocycles. The lowest BCUT2D eigenvalue weighted by atomic mass is 10.1. The van der Waals surface area contributed by atoms with Gasteiger partial charge in [-0.3, -0.25) is 4.79 Å². The molecule has 0 atom stereocenters. The van der Waals surface area contributed by atoms with Crippen molar-refractivity contribution in [2.45, 2.75) is 0 Å². The topological polar surface area (TPSA) is 49.8 Å². The number of aromatic hydroxyl groups is 1. The van der Waals surface area contributed by atoms with Crippen LogP contribution < -0.4 is 9.64 Å². The van der Waals surface area contributed by atoms with Gasteiger partial charge in [0.2, 0.25) is 0 Å². The standard InChI is InChI=1S/C15H15NO3/c1-16(12-8-4-6-10-14(12)19-2)15(18)11-7-3-5-9-13(11)17/h3-10,17H,1-2H3. The highest BCUT2D eigenvalue weighted by molar-refractivity contribution is 6.08. The van der Waals surface area contributed by atoms with Gasteiger partial charge in [-0.1, -0.05) is 24.3 Å². The minimum absolute atomic E-state index is 0.0331. The SMILES string of the molecule is COc1ccccc1N(C)C(=O)c1ccccc1O. The first-order chi connectivity index (χ1) is 9.15. The number of anilines is 1. The van der Waals surface area contributed by atoms with Crippen LogP contribution in [0.3, 0.4) is 0 Å². The number of amides is 1. The van der Waals surface area contributed by atoms with E-state index in [9.17, 15) is 9.90 Å². The second kappa shape index (κ2) is 5.44. The van der Waals surface area contributed by atoms with Gasteiger partial charge in [-0.2, -0.15) is 0 Å². The summed E-state index contributed by atoms with van der Waals surface area (Å²) in [4.78, 5) is 13.8. The van der Waals surface area contributed by atoms with Crippen LogP contribution in [-0.2, 0) is 0 Å². The average molecular weight is 257 g/mol. The molecule has 4 nitrogen and oxygen atoms in total. The third-order valence-electron chi connectivity index (χ3n) is 2.89. The number of rotatable bonds is 3. The van der Waals surface area contributed by atoms with Gasteiger partial charge in [0.15, 0.2) is 0 Å². The highest BCUT2D eigenvalue weighted by Gasteiger charge is 2.18. The zero-order valence-electron chi connectivity index (χ0n) is 10.8. The first kappa shape index (κ1) is 13.0. The molecule has 0 aliphatic carbocycles. The summed E-state index contributed by atoms with van der Waals surface area (Å²) in [5.74, 6) is 0.283. The van der Waals surface area contributed by atoms with E-state index in [1.807, 2.05) is 12.1 Å². The summed E-state index contributed by atoms with van der Waals surface area (Å²) in [6.07, 6.45) is 0. The molecule has 0 saturated carbocycles. The maximum atomic E-state index is 12.3. The number of benzene rings is 2.